The van der Waals surface area contributed by atoms with Crippen molar-refractivity contribution >= 4 is 10.0 Å². The molecule has 0 amide bonds. The maximum Gasteiger partial charge on any atom is 0.390 e. The molecule has 1 aromatic rings. The summed E-state index contributed by atoms with van der Waals surface area (Å²) >= 11 is 0. The van der Waals surface area contributed by atoms with Gasteiger partial charge in [0.1, 0.15) is 0 Å². The highest BCUT2D eigenvalue weighted by Crippen LogP contribution is 2.29. The third kappa shape index (κ3) is 4.98. The molecule has 0 bridgehead atoms. The zero-order valence-electron chi connectivity index (χ0n) is 12.2. The molecule has 3 nitrogen and oxygen atoms in total. The van der Waals surface area contributed by atoms with Crippen LogP contribution in [0.3, 0.4) is 0 Å². The van der Waals surface area contributed by atoms with Gasteiger partial charge in [-0.15, -0.1) is 0 Å². The molecule has 0 unspecified atom stereocenters. The molecule has 0 aromatic heterocycles. The van der Waals surface area contributed by atoms with Gasteiger partial charge in [-0.25, -0.2) is 12.7 Å². The van der Waals surface area contributed by atoms with Gasteiger partial charge in [0.25, 0.3) is 0 Å². The van der Waals surface area contributed by atoms with Crippen LogP contribution in [-0.4, -0.2) is 37.7 Å². The van der Waals surface area contributed by atoms with Crippen LogP contribution in [0.1, 0.15) is 37.2 Å². The Hall–Kier alpha value is -1.08. The second-order valence-corrected chi connectivity index (χ2v) is 7.73. The van der Waals surface area contributed by atoms with Crippen LogP contribution in [0, 0.1) is 0 Å². The van der Waals surface area contributed by atoms with Crippen LogP contribution >= 0.6 is 0 Å². The molecule has 1 aliphatic rings. The van der Waals surface area contributed by atoms with Gasteiger partial charge in [-0.05, 0) is 24.3 Å². The van der Waals surface area contributed by atoms with Crippen LogP contribution in [-0.2, 0) is 10.0 Å². The Morgan fingerprint density at radius 1 is 1.14 bits per heavy atom. The summed E-state index contributed by atoms with van der Waals surface area (Å²) in [6.07, 6.45) is -3.31. The summed E-state index contributed by atoms with van der Waals surface area (Å²) in [5.74, 6) is -0.817. The monoisotopic (exact) mass is 335 g/mol. The van der Waals surface area contributed by atoms with E-state index in [1.807, 2.05) is 30.3 Å². The molecule has 2 rings (SSSR count). The van der Waals surface area contributed by atoms with Crippen molar-refractivity contribution < 1.29 is 21.6 Å². The number of nitrogens with zero attached hydrogens (tertiary/aromatic N) is 1. The van der Waals surface area contributed by atoms with E-state index in [4.69, 9.17) is 0 Å². The van der Waals surface area contributed by atoms with Crippen molar-refractivity contribution in [1.82, 2.24) is 4.31 Å². The normalized spacial score (nSPS) is 21.5. The van der Waals surface area contributed by atoms with Crippen molar-refractivity contribution in [2.75, 3.05) is 18.8 Å². The lowest BCUT2D eigenvalue weighted by molar-refractivity contribution is -0.130. The van der Waals surface area contributed by atoms with Crippen LogP contribution in [0.2, 0.25) is 0 Å². The van der Waals surface area contributed by atoms with Gasteiger partial charge in [-0.3, -0.25) is 0 Å². The molecule has 0 spiro atoms. The number of alkyl halides is 3. The fourth-order valence-electron chi connectivity index (χ4n) is 2.73. The van der Waals surface area contributed by atoms with Gasteiger partial charge in [0, 0.05) is 13.1 Å². The predicted molar refractivity (Wildman–Crippen MR) is 79.1 cm³/mol. The third-order valence-electron chi connectivity index (χ3n) is 3.94. The number of benzene rings is 1. The summed E-state index contributed by atoms with van der Waals surface area (Å²) < 4.78 is 62.5. The lowest BCUT2D eigenvalue weighted by Crippen LogP contribution is -2.36. The largest absolute Gasteiger partial charge is 0.390 e. The lowest BCUT2D eigenvalue weighted by Gasteiger charge is -2.24. The molecule has 22 heavy (non-hydrogen) atoms. The maximum atomic E-state index is 12.3. The highest BCUT2D eigenvalue weighted by molar-refractivity contribution is 7.89. The van der Waals surface area contributed by atoms with Crippen molar-refractivity contribution in [1.29, 1.82) is 0 Å². The minimum absolute atomic E-state index is 0.0457. The molecule has 0 saturated carbocycles. The van der Waals surface area contributed by atoms with Crippen LogP contribution in [0.4, 0.5) is 13.2 Å². The first-order chi connectivity index (χ1) is 10.3. The molecule has 124 valence electrons. The predicted octanol–water partition coefficient (Wildman–Crippen LogP) is 3.54. The molecule has 1 fully saturated rings. The quantitative estimate of drug-likeness (QED) is 0.844. The molecule has 0 radical (unpaired) electrons. The molecule has 1 heterocycles. The Morgan fingerprint density at radius 3 is 2.45 bits per heavy atom. The molecule has 1 atom stereocenters. The Balaban J connectivity index is 2.09. The van der Waals surface area contributed by atoms with E-state index < -0.39 is 28.4 Å². The van der Waals surface area contributed by atoms with Crippen LogP contribution in [0.5, 0.6) is 0 Å². The summed E-state index contributed by atoms with van der Waals surface area (Å²) in [5.41, 5.74) is 1.04. The van der Waals surface area contributed by atoms with Crippen molar-refractivity contribution in [2.24, 2.45) is 0 Å². The van der Waals surface area contributed by atoms with Crippen molar-refractivity contribution in [3.8, 4) is 0 Å². The summed E-state index contributed by atoms with van der Waals surface area (Å²) in [4.78, 5) is 0. The third-order valence-corrected chi connectivity index (χ3v) is 5.78. The fraction of sp³-hybridized carbons (Fsp3) is 0.600. The zero-order valence-corrected chi connectivity index (χ0v) is 13.0. The van der Waals surface area contributed by atoms with Gasteiger partial charge in [0.05, 0.1) is 12.2 Å². The van der Waals surface area contributed by atoms with E-state index >= 15 is 0 Å². The molecular weight excluding hydrogens is 315 g/mol. The van der Waals surface area contributed by atoms with Gasteiger partial charge in [0.2, 0.25) is 10.0 Å². The van der Waals surface area contributed by atoms with Gasteiger partial charge in [-0.2, -0.15) is 13.2 Å². The molecule has 0 N–H and O–H groups in total. The van der Waals surface area contributed by atoms with Crippen molar-refractivity contribution in [3.05, 3.63) is 35.9 Å². The highest BCUT2D eigenvalue weighted by atomic mass is 32.2. The molecule has 7 heteroatoms. The Kier molecular flexibility index (Phi) is 5.50. The highest BCUT2D eigenvalue weighted by Gasteiger charge is 2.34. The van der Waals surface area contributed by atoms with E-state index in [0.717, 1.165) is 18.4 Å². The van der Waals surface area contributed by atoms with E-state index in [1.54, 1.807) is 0 Å². The second kappa shape index (κ2) is 7.00. The zero-order chi connectivity index (χ0) is 16.2. The topological polar surface area (TPSA) is 37.4 Å². The summed E-state index contributed by atoms with van der Waals surface area (Å²) in [7, 11) is -3.87. The van der Waals surface area contributed by atoms with E-state index in [0.29, 0.717) is 13.0 Å². The maximum absolute atomic E-state index is 12.3. The van der Waals surface area contributed by atoms with Crippen LogP contribution < -0.4 is 0 Å². The Labute approximate surface area is 129 Å². The van der Waals surface area contributed by atoms with E-state index in [9.17, 15) is 21.6 Å². The SMILES string of the molecule is O=S(=O)(CCC(F)(F)F)N1CCCC[C@H](c2ccccc2)C1. The standard InChI is InChI=1S/C15H20F3NO2S/c16-15(17,18)9-11-22(20,21)19-10-5-4-8-14(12-19)13-6-2-1-3-7-13/h1-3,6-7,14H,4-5,8-12H2/t14-/m0/s1. The Bertz CT molecular complexity index is 572. The number of hydrogen-bond acceptors (Lipinski definition) is 2. The molecule has 0 aliphatic carbocycles. The molecule has 1 aromatic carbocycles. The van der Waals surface area contributed by atoms with Gasteiger partial charge < -0.3 is 0 Å². The summed E-state index contributed by atoms with van der Waals surface area (Å²) in [6.45, 7) is 0.577. The molecular formula is C15H20F3NO2S. The minimum atomic E-state index is -4.45. The van der Waals surface area contributed by atoms with Gasteiger partial charge in [0.15, 0.2) is 0 Å². The number of halogens is 3. The summed E-state index contributed by atoms with van der Waals surface area (Å²) in [6, 6.07) is 9.55. The average molecular weight is 335 g/mol. The second-order valence-electron chi connectivity index (χ2n) is 5.64. The number of hydrogen-bond donors (Lipinski definition) is 0. The van der Waals surface area contributed by atoms with Crippen LogP contribution in [0.25, 0.3) is 0 Å². The smallest absolute Gasteiger partial charge is 0.212 e. The van der Waals surface area contributed by atoms with Crippen molar-refractivity contribution in [3.63, 3.8) is 0 Å². The van der Waals surface area contributed by atoms with Gasteiger partial charge >= 0.3 is 6.18 Å². The van der Waals surface area contributed by atoms with Crippen LogP contribution in [0.15, 0.2) is 30.3 Å². The Morgan fingerprint density at radius 2 is 1.82 bits per heavy atom. The summed E-state index contributed by atoms with van der Waals surface area (Å²) in [5, 5.41) is 0. The van der Waals surface area contributed by atoms with E-state index in [1.165, 1.54) is 4.31 Å². The van der Waals surface area contributed by atoms with Crippen molar-refractivity contribution in [2.45, 2.75) is 37.8 Å². The molecule has 1 saturated heterocycles. The first-order valence-electron chi connectivity index (χ1n) is 7.37. The fourth-order valence-corrected chi connectivity index (χ4v) is 4.29. The van der Waals surface area contributed by atoms with Gasteiger partial charge in [-0.1, -0.05) is 36.8 Å². The molecule has 1 aliphatic heterocycles. The number of sulfonamides is 1. The lowest BCUT2D eigenvalue weighted by atomic mass is 9.95. The number of rotatable bonds is 4. The first kappa shape index (κ1) is 17.3. The first-order valence-corrected chi connectivity index (χ1v) is 8.98. The van der Waals surface area contributed by atoms with E-state index in [2.05, 4.69) is 0 Å². The average Bonchev–Trinajstić information content (AvgIpc) is 2.72. The van der Waals surface area contributed by atoms with E-state index in [-0.39, 0.29) is 12.5 Å². The minimum Gasteiger partial charge on any atom is -0.212 e.